The van der Waals surface area contributed by atoms with Crippen LogP contribution in [0.15, 0.2) is 16.6 Å². The van der Waals surface area contributed by atoms with E-state index < -0.39 is 0 Å². The lowest BCUT2D eigenvalue weighted by atomic mass is 9.65. The zero-order valence-electron chi connectivity index (χ0n) is 9.16. The van der Waals surface area contributed by atoms with Gasteiger partial charge in [0.15, 0.2) is 11.5 Å². The summed E-state index contributed by atoms with van der Waals surface area (Å²) in [6.07, 6.45) is 3.06. The Labute approximate surface area is 103 Å². The molecule has 0 amide bonds. The van der Waals surface area contributed by atoms with Crippen LogP contribution in [0.1, 0.15) is 24.8 Å². The first-order valence-corrected chi connectivity index (χ1v) is 6.10. The van der Waals surface area contributed by atoms with Crippen LogP contribution in [0.5, 0.6) is 11.5 Å². The summed E-state index contributed by atoms with van der Waals surface area (Å²) >= 11 is 3.47. The molecule has 0 saturated heterocycles. The molecule has 1 aliphatic carbocycles. The standard InChI is InChI=1S/C12H15BrO3/c1-16-11-6-9(13)8(5-10(11)15)12(7-14)3-2-4-12/h5-6,14-15H,2-4,7H2,1H3. The van der Waals surface area contributed by atoms with Crippen LogP contribution in [0.3, 0.4) is 0 Å². The Bertz CT molecular complexity index is 394. The number of methoxy groups -OCH3 is 1. The number of hydrogen-bond acceptors (Lipinski definition) is 3. The molecule has 2 N–H and O–H groups in total. The minimum atomic E-state index is -0.178. The molecule has 0 heterocycles. The first kappa shape index (κ1) is 11.7. The highest BCUT2D eigenvalue weighted by molar-refractivity contribution is 9.10. The van der Waals surface area contributed by atoms with E-state index in [0.29, 0.717) is 5.75 Å². The first-order valence-electron chi connectivity index (χ1n) is 5.31. The molecule has 1 aromatic carbocycles. The number of aromatic hydroxyl groups is 1. The molecule has 1 aromatic rings. The maximum Gasteiger partial charge on any atom is 0.161 e. The average molecular weight is 287 g/mol. The van der Waals surface area contributed by atoms with Crippen molar-refractivity contribution >= 4 is 15.9 Å². The number of hydrogen-bond donors (Lipinski definition) is 2. The van der Waals surface area contributed by atoms with Gasteiger partial charge in [0.2, 0.25) is 0 Å². The molecule has 0 bridgehead atoms. The summed E-state index contributed by atoms with van der Waals surface area (Å²) in [6.45, 7) is 0.122. The van der Waals surface area contributed by atoms with Crippen molar-refractivity contribution in [3.63, 3.8) is 0 Å². The third-order valence-electron chi connectivity index (χ3n) is 3.45. The summed E-state index contributed by atoms with van der Waals surface area (Å²) < 4.78 is 5.92. The monoisotopic (exact) mass is 286 g/mol. The van der Waals surface area contributed by atoms with Crippen LogP contribution >= 0.6 is 15.9 Å². The lowest BCUT2D eigenvalue weighted by Crippen LogP contribution is -2.38. The molecular formula is C12H15BrO3. The molecule has 3 nitrogen and oxygen atoms in total. The summed E-state index contributed by atoms with van der Waals surface area (Å²) in [5.74, 6) is 0.573. The Morgan fingerprint density at radius 2 is 2.12 bits per heavy atom. The van der Waals surface area contributed by atoms with Gasteiger partial charge in [0, 0.05) is 9.89 Å². The Hall–Kier alpha value is -0.740. The van der Waals surface area contributed by atoms with Crippen molar-refractivity contribution in [3.8, 4) is 11.5 Å². The zero-order chi connectivity index (χ0) is 11.8. The van der Waals surface area contributed by atoms with Crippen LogP contribution in [-0.4, -0.2) is 23.9 Å². The lowest BCUT2D eigenvalue weighted by Gasteiger charge is -2.41. The van der Waals surface area contributed by atoms with Crippen LogP contribution in [0, 0.1) is 0 Å². The molecule has 88 valence electrons. The lowest BCUT2D eigenvalue weighted by molar-refractivity contribution is 0.119. The van der Waals surface area contributed by atoms with Gasteiger partial charge in [-0.3, -0.25) is 0 Å². The van der Waals surface area contributed by atoms with Crippen LogP contribution in [0.4, 0.5) is 0 Å². The Morgan fingerprint density at radius 1 is 1.44 bits per heavy atom. The van der Waals surface area contributed by atoms with Gasteiger partial charge in [0.1, 0.15) is 0 Å². The molecule has 0 radical (unpaired) electrons. The second kappa shape index (κ2) is 4.26. The molecule has 0 aromatic heterocycles. The summed E-state index contributed by atoms with van der Waals surface area (Å²) in [7, 11) is 1.52. The largest absolute Gasteiger partial charge is 0.504 e. The maximum atomic E-state index is 9.77. The highest BCUT2D eigenvalue weighted by atomic mass is 79.9. The van der Waals surface area contributed by atoms with Crippen molar-refractivity contribution in [1.29, 1.82) is 0 Å². The van der Waals surface area contributed by atoms with E-state index in [9.17, 15) is 10.2 Å². The van der Waals surface area contributed by atoms with Crippen molar-refractivity contribution in [2.75, 3.05) is 13.7 Å². The van der Waals surface area contributed by atoms with Crippen molar-refractivity contribution in [2.45, 2.75) is 24.7 Å². The fourth-order valence-corrected chi connectivity index (χ4v) is 2.97. The molecule has 2 rings (SSSR count). The van der Waals surface area contributed by atoms with E-state index >= 15 is 0 Å². The van der Waals surface area contributed by atoms with Gasteiger partial charge < -0.3 is 14.9 Å². The van der Waals surface area contributed by atoms with Crippen LogP contribution in [-0.2, 0) is 5.41 Å². The van der Waals surface area contributed by atoms with Gasteiger partial charge in [-0.05, 0) is 30.5 Å². The average Bonchev–Trinajstić information content (AvgIpc) is 2.22. The fourth-order valence-electron chi connectivity index (χ4n) is 2.23. The smallest absolute Gasteiger partial charge is 0.161 e. The van der Waals surface area contributed by atoms with Crippen molar-refractivity contribution < 1.29 is 14.9 Å². The summed E-state index contributed by atoms with van der Waals surface area (Å²) in [5, 5.41) is 19.3. The van der Waals surface area contributed by atoms with Gasteiger partial charge in [-0.25, -0.2) is 0 Å². The number of ether oxygens (including phenoxy) is 1. The molecule has 0 aliphatic heterocycles. The van der Waals surface area contributed by atoms with Crippen LogP contribution in [0.2, 0.25) is 0 Å². The molecule has 0 atom stereocenters. The topological polar surface area (TPSA) is 49.7 Å². The van der Waals surface area contributed by atoms with Crippen molar-refractivity contribution in [1.82, 2.24) is 0 Å². The normalized spacial score (nSPS) is 17.9. The minimum Gasteiger partial charge on any atom is -0.504 e. The highest BCUT2D eigenvalue weighted by Gasteiger charge is 2.39. The van der Waals surface area contributed by atoms with E-state index in [0.717, 1.165) is 29.3 Å². The van der Waals surface area contributed by atoms with Gasteiger partial charge in [-0.2, -0.15) is 0 Å². The summed E-state index contributed by atoms with van der Waals surface area (Å²) in [5.41, 5.74) is 0.794. The predicted octanol–water partition coefficient (Wildman–Crippen LogP) is 2.58. The van der Waals surface area contributed by atoms with Gasteiger partial charge in [-0.1, -0.05) is 22.4 Å². The number of phenolic OH excluding ortho intramolecular Hbond substituents is 1. The van der Waals surface area contributed by atoms with Crippen LogP contribution < -0.4 is 4.74 Å². The third kappa shape index (κ3) is 1.70. The van der Waals surface area contributed by atoms with E-state index in [1.54, 1.807) is 12.1 Å². The Kier molecular flexibility index (Phi) is 3.13. The number of aliphatic hydroxyl groups excluding tert-OH is 1. The molecule has 16 heavy (non-hydrogen) atoms. The zero-order valence-corrected chi connectivity index (χ0v) is 10.7. The highest BCUT2D eigenvalue weighted by Crippen LogP contribution is 2.48. The molecule has 4 heteroatoms. The summed E-state index contributed by atoms with van der Waals surface area (Å²) in [4.78, 5) is 0. The van der Waals surface area contributed by atoms with Gasteiger partial charge in [0.25, 0.3) is 0 Å². The second-order valence-corrected chi connectivity index (χ2v) is 5.15. The molecule has 0 spiro atoms. The van der Waals surface area contributed by atoms with E-state index in [2.05, 4.69) is 15.9 Å². The fraction of sp³-hybridized carbons (Fsp3) is 0.500. The summed E-state index contributed by atoms with van der Waals surface area (Å²) in [6, 6.07) is 3.44. The van der Waals surface area contributed by atoms with Crippen molar-refractivity contribution in [3.05, 3.63) is 22.2 Å². The quantitative estimate of drug-likeness (QED) is 0.898. The number of aliphatic hydroxyl groups is 1. The number of halogens is 1. The van der Waals surface area contributed by atoms with E-state index in [1.165, 1.54) is 7.11 Å². The van der Waals surface area contributed by atoms with E-state index in [1.807, 2.05) is 0 Å². The molecule has 1 aliphatic rings. The Balaban J connectivity index is 2.45. The van der Waals surface area contributed by atoms with Crippen molar-refractivity contribution in [2.24, 2.45) is 0 Å². The number of rotatable bonds is 3. The van der Waals surface area contributed by atoms with E-state index in [4.69, 9.17) is 4.74 Å². The second-order valence-electron chi connectivity index (χ2n) is 4.30. The van der Waals surface area contributed by atoms with Gasteiger partial charge in [0.05, 0.1) is 13.7 Å². The molecule has 1 fully saturated rings. The van der Waals surface area contributed by atoms with Crippen LogP contribution in [0.25, 0.3) is 0 Å². The maximum absolute atomic E-state index is 9.77. The van der Waals surface area contributed by atoms with E-state index in [-0.39, 0.29) is 17.8 Å². The minimum absolute atomic E-state index is 0.122. The SMILES string of the molecule is COc1cc(Br)c(C2(CO)CCC2)cc1O. The molecular weight excluding hydrogens is 272 g/mol. The molecule has 1 saturated carbocycles. The number of phenols is 1. The Morgan fingerprint density at radius 3 is 2.56 bits per heavy atom. The third-order valence-corrected chi connectivity index (χ3v) is 4.11. The molecule has 0 unspecified atom stereocenters. The van der Waals surface area contributed by atoms with Gasteiger partial charge in [-0.15, -0.1) is 0 Å². The first-order chi connectivity index (χ1) is 7.63. The number of benzene rings is 1. The van der Waals surface area contributed by atoms with Gasteiger partial charge >= 0.3 is 0 Å². The predicted molar refractivity (Wildman–Crippen MR) is 65.0 cm³/mol.